The number of nitrogens with one attached hydrogen (secondary N) is 1. The number of rotatable bonds is 6. The van der Waals surface area contributed by atoms with Gasteiger partial charge in [-0.1, -0.05) is 80.1 Å². The average Bonchev–Trinajstić information content (AvgIpc) is 2.73. The van der Waals surface area contributed by atoms with Crippen LogP contribution in [0.5, 0.6) is 0 Å². The molecule has 3 nitrogen and oxygen atoms in total. The summed E-state index contributed by atoms with van der Waals surface area (Å²) in [7, 11) is 0. The largest absolute Gasteiger partial charge is 0.271 e. The van der Waals surface area contributed by atoms with Gasteiger partial charge in [-0.15, -0.1) is 0 Å². The van der Waals surface area contributed by atoms with Crippen LogP contribution in [-0.4, -0.2) is 11.6 Å². The Morgan fingerprint density at radius 3 is 2.04 bits per heavy atom. The molecule has 0 aliphatic rings. The minimum absolute atomic E-state index is 0.212. The van der Waals surface area contributed by atoms with Crippen molar-refractivity contribution in [1.82, 2.24) is 5.43 Å². The number of carbonyl (C=O) groups is 1. The van der Waals surface area contributed by atoms with Crippen LogP contribution in [0.15, 0.2) is 84.0 Å². The Hall–Kier alpha value is -3.20. The molecule has 0 unspecified atom stereocenters. The van der Waals surface area contributed by atoms with Gasteiger partial charge in [0, 0.05) is 5.56 Å². The predicted octanol–water partition coefficient (Wildman–Crippen LogP) is 5.46. The first kappa shape index (κ1) is 18.6. The molecule has 3 rings (SSSR count). The summed E-state index contributed by atoms with van der Waals surface area (Å²) in [4.78, 5) is 12.3. The number of hydrogen-bond donors (Lipinski definition) is 1. The first-order chi connectivity index (χ1) is 13.2. The lowest BCUT2D eigenvalue weighted by Crippen LogP contribution is -2.19. The fraction of sp³-hybridized carbons (Fsp3) is 0.167. The molecule has 0 atom stereocenters. The molecule has 1 amide bonds. The highest BCUT2D eigenvalue weighted by atomic mass is 16.2. The van der Waals surface area contributed by atoms with Gasteiger partial charge in [0.15, 0.2) is 0 Å². The second-order valence-corrected chi connectivity index (χ2v) is 6.53. The second kappa shape index (κ2) is 8.95. The lowest BCUT2D eigenvalue weighted by atomic mass is 10.0. The van der Waals surface area contributed by atoms with Crippen LogP contribution in [0.25, 0.3) is 11.1 Å². The summed E-state index contributed by atoms with van der Waals surface area (Å²) in [5, 5.41) is 4.24. The van der Waals surface area contributed by atoms with Gasteiger partial charge in [-0.25, -0.2) is 5.43 Å². The summed E-state index contributed by atoms with van der Waals surface area (Å²) in [6, 6.07) is 26.0. The van der Waals surface area contributed by atoms with Crippen LogP contribution >= 0.6 is 0 Å². The number of amides is 1. The number of hydrogen-bond acceptors (Lipinski definition) is 2. The molecule has 0 bridgehead atoms. The fourth-order valence-electron chi connectivity index (χ4n) is 2.91. The van der Waals surface area contributed by atoms with E-state index in [1.807, 2.05) is 61.5 Å². The van der Waals surface area contributed by atoms with Crippen molar-refractivity contribution >= 4 is 11.6 Å². The predicted molar refractivity (Wildman–Crippen MR) is 112 cm³/mol. The minimum atomic E-state index is -0.212. The van der Waals surface area contributed by atoms with E-state index in [9.17, 15) is 4.79 Å². The lowest BCUT2D eigenvalue weighted by Gasteiger charge is -2.06. The van der Waals surface area contributed by atoms with E-state index in [0.29, 0.717) is 5.56 Å². The lowest BCUT2D eigenvalue weighted by molar-refractivity contribution is 0.0955. The second-order valence-electron chi connectivity index (χ2n) is 6.53. The highest BCUT2D eigenvalue weighted by Crippen LogP contribution is 2.19. The minimum Gasteiger partial charge on any atom is -0.267 e. The normalized spacial score (nSPS) is 11.3. The van der Waals surface area contributed by atoms with Crippen molar-refractivity contribution in [3.63, 3.8) is 0 Å². The van der Waals surface area contributed by atoms with Crippen molar-refractivity contribution in [1.29, 1.82) is 0 Å². The van der Waals surface area contributed by atoms with E-state index in [0.717, 1.165) is 35.2 Å². The zero-order chi connectivity index (χ0) is 19.1. The number of aryl methyl sites for hydroxylation is 1. The summed E-state index contributed by atoms with van der Waals surface area (Å²) >= 11 is 0. The molecule has 0 saturated carbocycles. The molecule has 0 heterocycles. The zero-order valence-electron chi connectivity index (χ0n) is 15.8. The van der Waals surface area contributed by atoms with Crippen LogP contribution < -0.4 is 5.43 Å². The quantitative estimate of drug-likeness (QED) is 0.462. The number of hydrazone groups is 1. The number of carbonyl (C=O) groups excluding carboxylic acids is 1. The van der Waals surface area contributed by atoms with Crippen LogP contribution in [0.2, 0.25) is 0 Å². The maximum absolute atomic E-state index is 12.3. The molecular weight excluding hydrogens is 332 g/mol. The summed E-state index contributed by atoms with van der Waals surface area (Å²) in [6.07, 6.45) is 2.21. The Morgan fingerprint density at radius 2 is 1.41 bits per heavy atom. The Labute approximate surface area is 160 Å². The van der Waals surface area contributed by atoms with Gasteiger partial charge in [0.25, 0.3) is 5.91 Å². The molecule has 27 heavy (non-hydrogen) atoms. The van der Waals surface area contributed by atoms with Crippen LogP contribution in [-0.2, 0) is 6.42 Å². The molecule has 0 aliphatic heterocycles. The van der Waals surface area contributed by atoms with Gasteiger partial charge < -0.3 is 0 Å². The van der Waals surface area contributed by atoms with E-state index in [-0.39, 0.29) is 5.91 Å². The van der Waals surface area contributed by atoms with Crippen molar-refractivity contribution in [2.24, 2.45) is 5.10 Å². The summed E-state index contributed by atoms with van der Waals surface area (Å²) in [5.74, 6) is -0.212. The molecule has 0 saturated heterocycles. The maximum atomic E-state index is 12.3. The van der Waals surface area contributed by atoms with Gasteiger partial charge in [0.1, 0.15) is 0 Å². The molecule has 0 fully saturated rings. The van der Waals surface area contributed by atoms with E-state index in [4.69, 9.17) is 0 Å². The molecule has 3 aromatic carbocycles. The van der Waals surface area contributed by atoms with Gasteiger partial charge >= 0.3 is 0 Å². The Balaban J connectivity index is 1.65. The van der Waals surface area contributed by atoms with E-state index >= 15 is 0 Å². The smallest absolute Gasteiger partial charge is 0.267 e. The first-order valence-electron chi connectivity index (χ1n) is 9.27. The van der Waals surface area contributed by atoms with Crippen molar-refractivity contribution in [3.05, 3.63) is 95.6 Å². The number of benzene rings is 3. The van der Waals surface area contributed by atoms with Gasteiger partial charge in [-0.2, -0.15) is 5.10 Å². The molecule has 136 valence electrons. The third kappa shape index (κ3) is 4.91. The summed E-state index contributed by atoms with van der Waals surface area (Å²) in [6.45, 7) is 4.07. The standard InChI is InChI=1S/C24H24N2O/c1-3-7-19-10-12-20(13-11-19)18(2)25-26-24(27)23-16-14-22(15-17-23)21-8-5-4-6-9-21/h4-6,8-17H,3,7H2,1-2H3,(H,26,27)/b25-18+. The van der Waals surface area contributed by atoms with Crippen LogP contribution in [0, 0.1) is 0 Å². The van der Waals surface area contributed by atoms with Crippen molar-refractivity contribution < 1.29 is 4.79 Å². The number of nitrogens with zero attached hydrogens (tertiary/aromatic N) is 1. The molecule has 0 spiro atoms. The topological polar surface area (TPSA) is 41.5 Å². The molecule has 0 radical (unpaired) electrons. The third-order valence-corrected chi connectivity index (χ3v) is 4.49. The summed E-state index contributed by atoms with van der Waals surface area (Å²) in [5.41, 5.74) is 8.55. The van der Waals surface area contributed by atoms with E-state index in [1.54, 1.807) is 0 Å². The Morgan fingerprint density at radius 1 is 0.815 bits per heavy atom. The van der Waals surface area contributed by atoms with Crippen LogP contribution in [0.3, 0.4) is 0 Å². The van der Waals surface area contributed by atoms with Gasteiger partial charge in [-0.3, -0.25) is 4.79 Å². The maximum Gasteiger partial charge on any atom is 0.271 e. The molecule has 1 N–H and O–H groups in total. The highest BCUT2D eigenvalue weighted by molar-refractivity contribution is 6.01. The molecule has 3 heteroatoms. The molecule has 0 aromatic heterocycles. The van der Waals surface area contributed by atoms with Gasteiger partial charge in [0.2, 0.25) is 0 Å². The fourth-order valence-corrected chi connectivity index (χ4v) is 2.91. The zero-order valence-corrected chi connectivity index (χ0v) is 15.8. The molecule has 3 aromatic rings. The molecular formula is C24H24N2O. The Kier molecular flexibility index (Phi) is 6.16. The summed E-state index contributed by atoms with van der Waals surface area (Å²) < 4.78 is 0. The SMILES string of the molecule is CCCc1ccc(/C(C)=N/NC(=O)c2ccc(-c3ccccc3)cc2)cc1. The van der Waals surface area contributed by atoms with E-state index in [2.05, 4.69) is 41.7 Å². The van der Waals surface area contributed by atoms with E-state index < -0.39 is 0 Å². The highest BCUT2D eigenvalue weighted by Gasteiger charge is 2.06. The first-order valence-corrected chi connectivity index (χ1v) is 9.27. The van der Waals surface area contributed by atoms with Gasteiger partial charge in [0.05, 0.1) is 5.71 Å². The van der Waals surface area contributed by atoms with Crippen molar-refractivity contribution in [3.8, 4) is 11.1 Å². The van der Waals surface area contributed by atoms with Gasteiger partial charge in [-0.05, 0) is 47.7 Å². The van der Waals surface area contributed by atoms with Crippen LogP contribution in [0.1, 0.15) is 41.8 Å². The molecule has 0 aliphatic carbocycles. The van der Waals surface area contributed by atoms with Crippen LogP contribution in [0.4, 0.5) is 0 Å². The van der Waals surface area contributed by atoms with E-state index in [1.165, 1.54) is 5.56 Å². The average molecular weight is 356 g/mol. The van der Waals surface area contributed by atoms with Crippen molar-refractivity contribution in [2.75, 3.05) is 0 Å². The Bertz CT molecular complexity index is 911. The van der Waals surface area contributed by atoms with Crippen molar-refractivity contribution in [2.45, 2.75) is 26.7 Å². The monoisotopic (exact) mass is 356 g/mol. The third-order valence-electron chi connectivity index (χ3n) is 4.49.